The van der Waals surface area contributed by atoms with E-state index in [1.54, 1.807) is 25.1 Å². The van der Waals surface area contributed by atoms with Crippen LogP contribution in [0.2, 0.25) is 0 Å². The third-order valence-electron chi connectivity index (χ3n) is 8.47. The number of carbonyl (C=O) groups excluding carboxylic acids is 4. The van der Waals surface area contributed by atoms with Crippen LogP contribution in [0.3, 0.4) is 0 Å². The third kappa shape index (κ3) is 9.10. The highest BCUT2D eigenvalue weighted by Gasteiger charge is 2.45. The summed E-state index contributed by atoms with van der Waals surface area (Å²) in [5.74, 6) is 0.909. The zero-order chi connectivity index (χ0) is 31.0. The molecule has 0 aromatic heterocycles. The van der Waals surface area contributed by atoms with Crippen molar-refractivity contribution in [1.29, 1.82) is 0 Å². The van der Waals surface area contributed by atoms with E-state index < -0.39 is 29.7 Å². The van der Waals surface area contributed by atoms with Gasteiger partial charge in [0.2, 0.25) is 11.7 Å². The fraction of sp³-hybridized carbons (Fsp3) is 0.688. The van der Waals surface area contributed by atoms with Crippen molar-refractivity contribution in [3.63, 3.8) is 0 Å². The smallest absolute Gasteiger partial charge is 0.315 e. The topological polar surface area (TPSA) is 135 Å². The predicted octanol–water partition coefficient (Wildman–Crippen LogP) is 4.10. The van der Waals surface area contributed by atoms with Crippen molar-refractivity contribution in [1.82, 2.24) is 21.3 Å². The monoisotopic (exact) mass is 586 g/mol. The summed E-state index contributed by atoms with van der Waals surface area (Å²) < 4.78 is 10.5. The van der Waals surface area contributed by atoms with E-state index in [9.17, 15) is 19.2 Å². The van der Waals surface area contributed by atoms with Crippen LogP contribution in [0.15, 0.2) is 18.2 Å². The van der Waals surface area contributed by atoms with Gasteiger partial charge in [-0.15, -0.1) is 0 Å². The summed E-state index contributed by atoms with van der Waals surface area (Å²) in [5.41, 5.74) is 0.442. The van der Waals surface area contributed by atoms with Gasteiger partial charge in [0.15, 0.2) is 0 Å². The Morgan fingerprint density at radius 3 is 2.02 bits per heavy atom. The van der Waals surface area contributed by atoms with Crippen molar-refractivity contribution >= 4 is 23.6 Å². The number of hydrogen-bond donors (Lipinski definition) is 4. The summed E-state index contributed by atoms with van der Waals surface area (Å²) in [5, 5.41) is 11.5. The van der Waals surface area contributed by atoms with Gasteiger partial charge < -0.3 is 30.7 Å². The summed E-state index contributed by atoms with van der Waals surface area (Å²) in [6.07, 6.45) is 5.87. The SMILES string of the molecule is CCC(NC(=O)[C@H](CC(C)C)NC(=O)NC12CC(C)CC(CC(C)C1)C2)C(=O)C(=O)NCc1cc(OC)cc(OC)c1. The zero-order valence-electron chi connectivity index (χ0n) is 26.3. The highest BCUT2D eigenvalue weighted by Crippen LogP contribution is 2.47. The molecule has 234 valence electrons. The maximum Gasteiger partial charge on any atom is 0.315 e. The number of rotatable bonds is 13. The Bertz CT molecular complexity index is 1080. The van der Waals surface area contributed by atoms with Crippen molar-refractivity contribution in [2.24, 2.45) is 23.7 Å². The van der Waals surface area contributed by atoms with Crippen molar-refractivity contribution in [3.8, 4) is 11.5 Å². The van der Waals surface area contributed by atoms with Gasteiger partial charge in [0.25, 0.3) is 5.91 Å². The molecule has 2 saturated carbocycles. The molecule has 3 rings (SSSR count). The van der Waals surface area contributed by atoms with Gasteiger partial charge in [-0.3, -0.25) is 14.4 Å². The number of ketones is 1. The van der Waals surface area contributed by atoms with Gasteiger partial charge in [-0.2, -0.15) is 0 Å². The van der Waals surface area contributed by atoms with Gasteiger partial charge in [-0.25, -0.2) is 4.79 Å². The molecule has 0 aliphatic heterocycles. The molecule has 0 heterocycles. The van der Waals surface area contributed by atoms with E-state index in [2.05, 4.69) is 35.1 Å². The lowest BCUT2D eigenvalue weighted by Gasteiger charge is -2.50. The molecule has 4 atom stereocenters. The first kappa shape index (κ1) is 33.2. The third-order valence-corrected chi connectivity index (χ3v) is 8.47. The summed E-state index contributed by atoms with van der Waals surface area (Å²) >= 11 is 0. The molecule has 0 spiro atoms. The van der Waals surface area contributed by atoms with Crippen LogP contribution in [0.25, 0.3) is 0 Å². The molecule has 0 radical (unpaired) electrons. The molecule has 2 aliphatic rings. The van der Waals surface area contributed by atoms with Gasteiger partial charge in [0.1, 0.15) is 17.5 Å². The van der Waals surface area contributed by atoms with Crippen molar-refractivity contribution in [2.75, 3.05) is 14.2 Å². The molecule has 10 nitrogen and oxygen atoms in total. The number of Topliss-reactive ketones (excluding diaryl/α,β-unsaturated/α-hetero) is 1. The maximum absolute atomic E-state index is 13.4. The quantitative estimate of drug-likeness (QED) is 0.257. The van der Waals surface area contributed by atoms with Gasteiger partial charge in [0, 0.05) is 18.2 Å². The molecule has 1 aromatic rings. The van der Waals surface area contributed by atoms with Crippen molar-refractivity contribution in [2.45, 2.75) is 104 Å². The van der Waals surface area contributed by atoms with Crippen LogP contribution in [0, 0.1) is 23.7 Å². The lowest BCUT2D eigenvalue weighted by atomic mass is 9.61. The second kappa shape index (κ2) is 14.7. The predicted molar refractivity (Wildman–Crippen MR) is 161 cm³/mol. The number of methoxy groups -OCH3 is 2. The molecule has 1 aromatic carbocycles. The number of ether oxygens (including phenoxy) is 2. The number of benzene rings is 1. The standard InChI is InChI=1S/C32H50N4O6/c1-8-26(28(37)30(39)33-18-23-12-24(41-6)14-25(13-23)42-7)34-29(38)27(9-19(2)3)35-31(40)36-32-15-20(4)10-22(17-32)11-21(5)16-32/h12-14,19-22,26-27H,8-11,15-18H2,1-7H3,(H,33,39)(H,34,38)(H2,35,36,40)/t20?,21?,22?,26?,27-,32?/m0/s1. The zero-order valence-corrected chi connectivity index (χ0v) is 26.3. The Morgan fingerprint density at radius 1 is 0.905 bits per heavy atom. The van der Waals surface area contributed by atoms with Crippen molar-refractivity contribution < 1.29 is 28.7 Å². The van der Waals surface area contributed by atoms with Crippen LogP contribution in [0.4, 0.5) is 4.79 Å². The Balaban J connectivity index is 1.61. The Labute approximate surface area is 250 Å². The maximum atomic E-state index is 13.4. The number of urea groups is 1. The van der Waals surface area contributed by atoms with E-state index in [1.807, 2.05) is 13.8 Å². The molecular formula is C32H50N4O6. The van der Waals surface area contributed by atoms with E-state index in [1.165, 1.54) is 27.1 Å². The molecule has 42 heavy (non-hydrogen) atoms. The number of amides is 4. The molecule has 2 aliphatic carbocycles. The molecule has 3 unspecified atom stereocenters. The van der Waals surface area contributed by atoms with E-state index >= 15 is 0 Å². The van der Waals surface area contributed by atoms with Gasteiger partial charge >= 0.3 is 6.03 Å². The minimum Gasteiger partial charge on any atom is -0.497 e. The number of hydrogen-bond acceptors (Lipinski definition) is 6. The minimum absolute atomic E-state index is 0.0834. The highest BCUT2D eigenvalue weighted by atomic mass is 16.5. The van der Waals surface area contributed by atoms with Crippen molar-refractivity contribution in [3.05, 3.63) is 23.8 Å². The highest BCUT2D eigenvalue weighted by molar-refractivity contribution is 6.38. The van der Waals surface area contributed by atoms with Crippen LogP contribution in [-0.2, 0) is 20.9 Å². The molecule has 4 N–H and O–H groups in total. The van der Waals surface area contributed by atoms with E-state index in [0.29, 0.717) is 41.2 Å². The molecule has 2 fully saturated rings. The lowest BCUT2D eigenvalue weighted by Crippen LogP contribution is -2.61. The second-order valence-corrected chi connectivity index (χ2v) is 13.0. The van der Waals surface area contributed by atoms with Crippen LogP contribution in [0.5, 0.6) is 11.5 Å². The Kier molecular flexibility index (Phi) is 11.7. The first-order valence-corrected chi connectivity index (χ1v) is 15.3. The fourth-order valence-corrected chi connectivity index (χ4v) is 7.02. The Morgan fingerprint density at radius 2 is 1.50 bits per heavy atom. The molecule has 4 amide bonds. The van der Waals surface area contributed by atoms with E-state index in [0.717, 1.165) is 19.3 Å². The van der Waals surface area contributed by atoms with Gasteiger partial charge in [-0.05, 0) is 86.3 Å². The molecule has 2 bridgehead atoms. The number of fused-ring (bicyclic) bond motifs is 2. The average molecular weight is 587 g/mol. The fourth-order valence-electron chi connectivity index (χ4n) is 7.02. The van der Waals surface area contributed by atoms with E-state index in [4.69, 9.17) is 9.47 Å². The second-order valence-electron chi connectivity index (χ2n) is 13.0. The van der Waals surface area contributed by atoms with E-state index in [-0.39, 0.29) is 30.5 Å². The normalized spacial score (nSPS) is 24.6. The molecule has 0 saturated heterocycles. The molecular weight excluding hydrogens is 536 g/mol. The first-order chi connectivity index (χ1) is 19.9. The lowest BCUT2D eigenvalue weighted by molar-refractivity contribution is -0.140. The minimum atomic E-state index is -1.02. The first-order valence-electron chi connectivity index (χ1n) is 15.3. The van der Waals surface area contributed by atoms with Crippen LogP contribution in [-0.4, -0.2) is 55.5 Å². The Hall–Kier alpha value is -3.30. The van der Waals surface area contributed by atoms with Gasteiger partial charge in [0.05, 0.1) is 20.3 Å². The average Bonchev–Trinajstić information content (AvgIpc) is 2.91. The summed E-state index contributed by atoms with van der Waals surface area (Å²) in [6.45, 7) is 10.2. The molecule has 10 heteroatoms. The van der Waals surface area contributed by atoms with Gasteiger partial charge in [-0.1, -0.05) is 34.6 Å². The number of nitrogens with one attached hydrogen (secondary N) is 4. The summed E-state index contributed by atoms with van der Waals surface area (Å²) in [4.78, 5) is 52.4. The number of carbonyl (C=O) groups is 4. The summed E-state index contributed by atoms with van der Waals surface area (Å²) in [6, 6.07) is 2.97. The van der Waals surface area contributed by atoms with Crippen LogP contribution >= 0.6 is 0 Å². The largest absolute Gasteiger partial charge is 0.497 e. The van der Waals surface area contributed by atoms with Crippen LogP contribution in [0.1, 0.15) is 85.1 Å². The summed E-state index contributed by atoms with van der Waals surface area (Å²) in [7, 11) is 3.06. The van der Waals surface area contributed by atoms with Crippen LogP contribution < -0.4 is 30.7 Å².